The van der Waals surface area contributed by atoms with E-state index in [0.717, 1.165) is 35.6 Å². The first kappa shape index (κ1) is 13.0. The summed E-state index contributed by atoms with van der Waals surface area (Å²) < 4.78 is 5.68. The number of aromatic nitrogens is 1. The van der Waals surface area contributed by atoms with Crippen molar-refractivity contribution in [2.75, 3.05) is 11.9 Å². The Kier molecular flexibility index (Phi) is 3.61. The Bertz CT molecular complexity index is 736. The molecule has 1 aromatic heterocycles. The molecule has 0 aliphatic rings. The summed E-state index contributed by atoms with van der Waals surface area (Å²) in [5.74, 6) is 0.725. The molecule has 3 nitrogen and oxygen atoms in total. The summed E-state index contributed by atoms with van der Waals surface area (Å²) in [6, 6.07) is 13.7. The zero-order valence-electron chi connectivity index (χ0n) is 11.2. The van der Waals surface area contributed by atoms with Gasteiger partial charge in [-0.05, 0) is 36.8 Å². The van der Waals surface area contributed by atoms with E-state index < -0.39 is 0 Å². The van der Waals surface area contributed by atoms with E-state index in [-0.39, 0.29) is 0 Å². The van der Waals surface area contributed by atoms with Gasteiger partial charge in [0.1, 0.15) is 5.52 Å². The smallest absolute Gasteiger partial charge is 0.197 e. The minimum absolute atomic E-state index is 0.676. The van der Waals surface area contributed by atoms with Crippen LogP contribution in [0.1, 0.15) is 11.5 Å². The van der Waals surface area contributed by atoms with Crippen LogP contribution in [0.5, 0.6) is 0 Å². The Morgan fingerprint density at radius 3 is 2.90 bits per heavy atom. The van der Waals surface area contributed by atoms with Gasteiger partial charge < -0.3 is 9.73 Å². The van der Waals surface area contributed by atoms with Gasteiger partial charge in [0.15, 0.2) is 11.5 Å². The lowest BCUT2D eigenvalue weighted by Gasteiger charge is -2.07. The quantitative estimate of drug-likeness (QED) is 0.770. The Morgan fingerprint density at radius 2 is 2.05 bits per heavy atom. The van der Waals surface area contributed by atoms with Gasteiger partial charge in [-0.3, -0.25) is 0 Å². The average Bonchev–Trinajstić information content (AvgIpc) is 2.83. The molecule has 1 heterocycles. The van der Waals surface area contributed by atoms with Crippen molar-refractivity contribution in [3.8, 4) is 0 Å². The highest BCUT2D eigenvalue weighted by Crippen LogP contribution is 2.20. The summed E-state index contributed by atoms with van der Waals surface area (Å²) in [6.07, 6.45) is 0.737. The SMILES string of the molecule is Cc1ccccc1NCCc1nc2cc(Cl)ccc2o1. The summed E-state index contributed by atoms with van der Waals surface area (Å²) in [5.41, 5.74) is 3.96. The topological polar surface area (TPSA) is 38.1 Å². The molecule has 2 aromatic carbocycles. The molecular weight excluding hydrogens is 272 g/mol. The third kappa shape index (κ3) is 2.78. The minimum atomic E-state index is 0.676. The van der Waals surface area contributed by atoms with Crippen molar-refractivity contribution < 1.29 is 4.42 Å². The molecule has 4 heteroatoms. The van der Waals surface area contributed by atoms with E-state index >= 15 is 0 Å². The fraction of sp³-hybridized carbons (Fsp3) is 0.188. The van der Waals surface area contributed by atoms with Gasteiger partial charge in [-0.15, -0.1) is 0 Å². The average molecular weight is 287 g/mol. The molecule has 102 valence electrons. The molecule has 0 unspecified atom stereocenters. The first-order chi connectivity index (χ1) is 9.72. The Morgan fingerprint density at radius 1 is 1.20 bits per heavy atom. The molecule has 0 spiro atoms. The highest BCUT2D eigenvalue weighted by Gasteiger charge is 2.06. The number of rotatable bonds is 4. The maximum Gasteiger partial charge on any atom is 0.197 e. The number of halogens is 1. The summed E-state index contributed by atoms with van der Waals surface area (Å²) in [4.78, 5) is 4.44. The Labute approximate surface area is 122 Å². The molecule has 3 aromatic rings. The monoisotopic (exact) mass is 286 g/mol. The Balaban J connectivity index is 1.67. The second kappa shape index (κ2) is 5.55. The minimum Gasteiger partial charge on any atom is -0.441 e. The van der Waals surface area contributed by atoms with Gasteiger partial charge in [-0.1, -0.05) is 29.8 Å². The largest absolute Gasteiger partial charge is 0.441 e. The van der Waals surface area contributed by atoms with Crippen molar-refractivity contribution in [1.29, 1.82) is 0 Å². The maximum atomic E-state index is 5.94. The molecular formula is C16H15ClN2O. The van der Waals surface area contributed by atoms with Crippen molar-refractivity contribution in [2.45, 2.75) is 13.3 Å². The molecule has 0 radical (unpaired) electrons. The van der Waals surface area contributed by atoms with Crippen LogP contribution >= 0.6 is 11.6 Å². The van der Waals surface area contributed by atoms with E-state index in [1.807, 2.05) is 30.3 Å². The van der Waals surface area contributed by atoms with E-state index in [0.29, 0.717) is 5.02 Å². The molecule has 3 rings (SSSR count). The number of benzene rings is 2. The summed E-state index contributed by atoms with van der Waals surface area (Å²) >= 11 is 5.94. The summed E-state index contributed by atoms with van der Waals surface area (Å²) in [5, 5.41) is 4.07. The van der Waals surface area contributed by atoms with Crippen molar-refractivity contribution in [1.82, 2.24) is 4.98 Å². The lowest BCUT2D eigenvalue weighted by molar-refractivity contribution is 0.534. The van der Waals surface area contributed by atoms with Crippen LogP contribution in [0.2, 0.25) is 5.02 Å². The maximum absolute atomic E-state index is 5.94. The summed E-state index contributed by atoms with van der Waals surface area (Å²) in [6.45, 7) is 2.87. The Hall–Kier alpha value is -2.00. The van der Waals surface area contributed by atoms with Crippen LogP contribution in [-0.4, -0.2) is 11.5 Å². The molecule has 0 saturated heterocycles. The molecule has 1 N–H and O–H groups in total. The molecule has 0 aliphatic heterocycles. The second-order valence-electron chi connectivity index (χ2n) is 4.71. The molecule has 0 fully saturated rings. The van der Waals surface area contributed by atoms with Gasteiger partial charge >= 0.3 is 0 Å². The third-order valence-corrected chi connectivity index (χ3v) is 3.43. The molecule has 0 bridgehead atoms. The van der Waals surface area contributed by atoms with E-state index in [9.17, 15) is 0 Å². The fourth-order valence-corrected chi connectivity index (χ4v) is 2.30. The van der Waals surface area contributed by atoms with Crippen LogP contribution in [0.15, 0.2) is 46.9 Å². The van der Waals surface area contributed by atoms with Gasteiger partial charge in [0.25, 0.3) is 0 Å². The van der Waals surface area contributed by atoms with Crippen molar-refractivity contribution >= 4 is 28.4 Å². The number of nitrogens with zero attached hydrogens (tertiary/aromatic N) is 1. The predicted molar refractivity (Wildman–Crippen MR) is 82.4 cm³/mol. The van der Waals surface area contributed by atoms with Crippen molar-refractivity contribution in [2.24, 2.45) is 0 Å². The van der Waals surface area contributed by atoms with E-state index in [2.05, 4.69) is 29.4 Å². The second-order valence-corrected chi connectivity index (χ2v) is 5.15. The lowest BCUT2D eigenvalue weighted by atomic mass is 10.2. The number of hydrogen-bond donors (Lipinski definition) is 1. The highest BCUT2D eigenvalue weighted by molar-refractivity contribution is 6.31. The zero-order valence-corrected chi connectivity index (χ0v) is 11.9. The zero-order chi connectivity index (χ0) is 13.9. The standard InChI is InChI=1S/C16H15ClN2O/c1-11-4-2-3-5-13(11)18-9-8-16-19-14-10-12(17)6-7-15(14)20-16/h2-7,10,18H,8-9H2,1H3. The molecule has 20 heavy (non-hydrogen) atoms. The number of para-hydroxylation sites is 1. The first-order valence-corrected chi connectivity index (χ1v) is 6.94. The molecule has 0 saturated carbocycles. The van der Waals surface area contributed by atoms with Crippen LogP contribution in [0, 0.1) is 6.92 Å². The number of aryl methyl sites for hydroxylation is 1. The molecule has 0 amide bonds. The van der Waals surface area contributed by atoms with Gasteiger partial charge in [0.2, 0.25) is 0 Å². The normalized spacial score (nSPS) is 10.9. The number of hydrogen-bond acceptors (Lipinski definition) is 3. The highest BCUT2D eigenvalue weighted by atomic mass is 35.5. The van der Waals surface area contributed by atoms with Crippen LogP contribution in [-0.2, 0) is 6.42 Å². The van der Waals surface area contributed by atoms with E-state index in [1.165, 1.54) is 5.56 Å². The first-order valence-electron chi connectivity index (χ1n) is 6.57. The van der Waals surface area contributed by atoms with Crippen molar-refractivity contribution in [3.05, 3.63) is 58.9 Å². The third-order valence-electron chi connectivity index (χ3n) is 3.19. The van der Waals surface area contributed by atoms with E-state index in [4.69, 9.17) is 16.0 Å². The lowest BCUT2D eigenvalue weighted by Crippen LogP contribution is -2.05. The van der Waals surface area contributed by atoms with Crippen LogP contribution in [0.25, 0.3) is 11.1 Å². The van der Waals surface area contributed by atoms with Gasteiger partial charge in [-0.25, -0.2) is 4.98 Å². The van der Waals surface area contributed by atoms with Gasteiger partial charge in [0.05, 0.1) is 0 Å². The van der Waals surface area contributed by atoms with Crippen LogP contribution < -0.4 is 5.32 Å². The predicted octanol–water partition coefficient (Wildman–Crippen LogP) is 4.44. The van der Waals surface area contributed by atoms with Gasteiger partial charge in [-0.2, -0.15) is 0 Å². The van der Waals surface area contributed by atoms with Crippen LogP contribution in [0.4, 0.5) is 5.69 Å². The number of nitrogens with one attached hydrogen (secondary N) is 1. The molecule has 0 atom stereocenters. The number of fused-ring (bicyclic) bond motifs is 1. The fourth-order valence-electron chi connectivity index (χ4n) is 2.13. The van der Waals surface area contributed by atoms with Crippen LogP contribution in [0.3, 0.4) is 0 Å². The number of oxazole rings is 1. The summed E-state index contributed by atoms with van der Waals surface area (Å²) in [7, 11) is 0. The molecule has 0 aliphatic carbocycles. The van der Waals surface area contributed by atoms with Gasteiger partial charge in [0, 0.05) is 23.7 Å². The number of anilines is 1. The van der Waals surface area contributed by atoms with Crippen molar-refractivity contribution in [3.63, 3.8) is 0 Å². The van der Waals surface area contributed by atoms with E-state index in [1.54, 1.807) is 0 Å².